The molecule has 4 rings (SSSR count). The monoisotopic (exact) mass is 447 g/mol. The number of fused-ring (bicyclic) bond motifs is 1. The fourth-order valence-corrected chi connectivity index (χ4v) is 4.23. The van der Waals surface area contributed by atoms with Gasteiger partial charge in [-0.25, -0.2) is 9.18 Å². The lowest BCUT2D eigenvalue weighted by molar-refractivity contribution is 0.0696. The highest BCUT2D eigenvalue weighted by molar-refractivity contribution is 6.39. The first-order valence-corrected chi connectivity index (χ1v) is 9.90. The van der Waals surface area contributed by atoms with E-state index in [1.54, 1.807) is 18.2 Å². The van der Waals surface area contributed by atoms with Crippen molar-refractivity contribution in [2.24, 2.45) is 0 Å². The van der Waals surface area contributed by atoms with Gasteiger partial charge in [0.15, 0.2) is 0 Å². The second kappa shape index (κ2) is 7.74. The van der Waals surface area contributed by atoms with E-state index in [0.717, 1.165) is 12.5 Å². The van der Waals surface area contributed by atoms with Gasteiger partial charge in [-0.15, -0.1) is 0 Å². The molecule has 1 N–H and O–H groups in total. The van der Waals surface area contributed by atoms with Crippen LogP contribution in [0.25, 0.3) is 11.3 Å². The predicted octanol–water partition coefficient (Wildman–Crippen LogP) is 4.77. The van der Waals surface area contributed by atoms with Crippen LogP contribution in [0.3, 0.4) is 0 Å². The minimum absolute atomic E-state index is 0.110. The van der Waals surface area contributed by atoms with Crippen LogP contribution in [0.15, 0.2) is 36.4 Å². The minimum atomic E-state index is -1.23. The Morgan fingerprint density at radius 1 is 1.17 bits per heavy atom. The van der Waals surface area contributed by atoms with Gasteiger partial charge in [-0.1, -0.05) is 29.3 Å². The Morgan fingerprint density at radius 2 is 1.87 bits per heavy atom. The highest BCUT2D eigenvalue weighted by atomic mass is 35.5. The Labute approximate surface area is 181 Å². The van der Waals surface area contributed by atoms with Crippen molar-refractivity contribution in [3.05, 3.63) is 69.0 Å². The van der Waals surface area contributed by atoms with E-state index in [0.29, 0.717) is 30.0 Å². The summed E-state index contributed by atoms with van der Waals surface area (Å²) < 4.78 is 16.0. The number of anilines is 1. The average molecular weight is 448 g/mol. The van der Waals surface area contributed by atoms with E-state index in [9.17, 15) is 14.0 Å². The Morgan fingerprint density at radius 3 is 2.50 bits per heavy atom. The number of carbonyl (C=O) groups is 2. The molecule has 6 nitrogen and oxygen atoms in total. The lowest BCUT2D eigenvalue weighted by atomic mass is 9.99. The third-order valence-electron chi connectivity index (χ3n) is 5.08. The first-order valence-electron chi connectivity index (χ1n) is 9.14. The Balaban J connectivity index is 1.92. The topological polar surface area (TPSA) is 75.4 Å². The summed E-state index contributed by atoms with van der Waals surface area (Å²) in [6.45, 7) is 0.697. The Bertz CT molecular complexity index is 1170. The summed E-state index contributed by atoms with van der Waals surface area (Å²) in [5.41, 5.74) is 1.08. The fraction of sp³-hybridized carbons (Fsp3) is 0.190. The summed E-state index contributed by atoms with van der Waals surface area (Å²) in [4.78, 5) is 26.3. The molecule has 2 aromatic carbocycles. The average Bonchev–Trinajstić information content (AvgIpc) is 3.08. The van der Waals surface area contributed by atoms with Crippen LogP contribution >= 0.6 is 23.2 Å². The normalized spacial score (nSPS) is 13.3. The van der Waals surface area contributed by atoms with E-state index in [1.165, 1.54) is 16.8 Å². The number of aromatic carboxylic acids is 1. The molecule has 0 unspecified atom stereocenters. The molecular formula is C21H16Cl2FN3O3. The highest BCUT2D eigenvalue weighted by Crippen LogP contribution is 2.37. The molecule has 30 heavy (non-hydrogen) atoms. The van der Waals surface area contributed by atoms with Crippen molar-refractivity contribution >= 4 is 40.9 Å². The second-order valence-electron chi connectivity index (χ2n) is 6.99. The van der Waals surface area contributed by atoms with Gasteiger partial charge in [0.25, 0.3) is 5.91 Å². The van der Waals surface area contributed by atoms with E-state index in [-0.39, 0.29) is 26.7 Å². The standard InChI is InChI=1S/C21H16Cl2FN3O3/c1-26-9-3-4-13-18(12-8-7-11(21(29)30)10-16(12)24)25-27(19(13)26)20(28)17-14(22)5-2-6-15(17)23/h2,5-8,10H,3-4,9H2,1H3,(H,29,30). The molecule has 1 aliphatic heterocycles. The van der Waals surface area contributed by atoms with Crippen molar-refractivity contribution in [3.63, 3.8) is 0 Å². The number of aromatic nitrogens is 2. The number of halogens is 3. The third kappa shape index (κ3) is 3.34. The number of hydrogen-bond acceptors (Lipinski definition) is 4. The first-order chi connectivity index (χ1) is 14.3. The lowest BCUT2D eigenvalue weighted by Crippen LogP contribution is -2.29. The molecule has 2 heterocycles. The molecule has 0 bridgehead atoms. The molecule has 0 saturated heterocycles. The number of nitrogens with zero attached hydrogens (tertiary/aromatic N) is 3. The van der Waals surface area contributed by atoms with E-state index >= 15 is 0 Å². The summed E-state index contributed by atoms with van der Waals surface area (Å²) in [5.74, 6) is -1.93. The summed E-state index contributed by atoms with van der Waals surface area (Å²) in [6, 6.07) is 8.38. The van der Waals surface area contributed by atoms with Gasteiger partial charge in [0, 0.05) is 24.7 Å². The highest BCUT2D eigenvalue weighted by Gasteiger charge is 2.31. The van der Waals surface area contributed by atoms with E-state index in [2.05, 4.69) is 5.10 Å². The molecule has 0 spiro atoms. The van der Waals surface area contributed by atoms with Crippen molar-refractivity contribution < 1.29 is 19.1 Å². The molecule has 0 fully saturated rings. The van der Waals surface area contributed by atoms with Gasteiger partial charge in [0.05, 0.1) is 21.2 Å². The SMILES string of the molecule is CN1CCCc2c(-c3ccc(C(=O)O)cc3F)nn(C(=O)c3c(Cl)cccc3Cl)c21. The van der Waals surface area contributed by atoms with Crippen molar-refractivity contribution in [1.29, 1.82) is 0 Å². The maximum Gasteiger partial charge on any atom is 0.335 e. The zero-order chi connectivity index (χ0) is 21.6. The van der Waals surface area contributed by atoms with E-state index in [4.69, 9.17) is 28.3 Å². The van der Waals surface area contributed by atoms with Crippen molar-refractivity contribution in [1.82, 2.24) is 9.78 Å². The number of rotatable bonds is 3. The molecule has 1 aliphatic rings. The molecule has 0 amide bonds. The van der Waals surface area contributed by atoms with Crippen LogP contribution in [0.2, 0.25) is 10.0 Å². The zero-order valence-electron chi connectivity index (χ0n) is 15.8. The minimum Gasteiger partial charge on any atom is -0.478 e. The van der Waals surface area contributed by atoms with Crippen LogP contribution in [0.1, 0.15) is 32.7 Å². The van der Waals surface area contributed by atoms with E-state index < -0.39 is 17.7 Å². The Kier molecular flexibility index (Phi) is 5.26. The fourth-order valence-electron chi connectivity index (χ4n) is 3.67. The molecule has 0 radical (unpaired) electrons. The quantitative estimate of drug-likeness (QED) is 0.625. The first kappa shape index (κ1) is 20.4. The maximum atomic E-state index is 14.8. The summed E-state index contributed by atoms with van der Waals surface area (Å²) in [7, 11) is 1.82. The molecule has 0 atom stereocenters. The Hall–Kier alpha value is -2.90. The van der Waals surface area contributed by atoms with Crippen molar-refractivity contribution in [3.8, 4) is 11.3 Å². The number of carboxylic acid groups (broad SMARTS) is 1. The third-order valence-corrected chi connectivity index (χ3v) is 5.71. The lowest BCUT2D eigenvalue weighted by Gasteiger charge is -2.26. The second-order valence-corrected chi connectivity index (χ2v) is 7.80. The molecule has 9 heteroatoms. The van der Waals surface area contributed by atoms with Crippen LogP contribution in [0, 0.1) is 5.82 Å². The zero-order valence-corrected chi connectivity index (χ0v) is 17.3. The van der Waals surface area contributed by atoms with Gasteiger partial charge in [-0.3, -0.25) is 4.79 Å². The molecular weight excluding hydrogens is 432 g/mol. The van der Waals surface area contributed by atoms with Gasteiger partial charge < -0.3 is 10.0 Å². The van der Waals surface area contributed by atoms with Crippen LogP contribution in [0.4, 0.5) is 10.2 Å². The van der Waals surface area contributed by atoms with Gasteiger partial charge >= 0.3 is 5.97 Å². The van der Waals surface area contributed by atoms with Crippen LogP contribution < -0.4 is 4.90 Å². The van der Waals surface area contributed by atoms with Crippen LogP contribution in [0.5, 0.6) is 0 Å². The molecule has 1 aromatic heterocycles. The number of carboxylic acids is 1. The molecule has 0 aliphatic carbocycles. The van der Waals surface area contributed by atoms with Gasteiger partial charge in [0.1, 0.15) is 17.3 Å². The van der Waals surface area contributed by atoms with Gasteiger partial charge in [-0.05, 0) is 43.2 Å². The summed E-state index contributed by atoms with van der Waals surface area (Å²) in [5, 5.41) is 13.9. The summed E-state index contributed by atoms with van der Waals surface area (Å²) in [6.07, 6.45) is 1.40. The number of carbonyl (C=O) groups excluding carboxylic acids is 1. The molecule has 3 aromatic rings. The van der Waals surface area contributed by atoms with Crippen LogP contribution in [-0.4, -0.2) is 40.4 Å². The largest absolute Gasteiger partial charge is 0.478 e. The number of hydrogen-bond donors (Lipinski definition) is 1. The van der Waals surface area contributed by atoms with Gasteiger partial charge in [0.2, 0.25) is 0 Å². The maximum absolute atomic E-state index is 14.8. The van der Waals surface area contributed by atoms with Crippen molar-refractivity contribution in [2.45, 2.75) is 12.8 Å². The molecule has 154 valence electrons. The summed E-state index contributed by atoms with van der Waals surface area (Å²) >= 11 is 12.4. The predicted molar refractivity (Wildman–Crippen MR) is 112 cm³/mol. The van der Waals surface area contributed by atoms with Crippen LogP contribution in [-0.2, 0) is 6.42 Å². The van der Waals surface area contributed by atoms with E-state index in [1.807, 2.05) is 11.9 Å². The van der Waals surface area contributed by atoms with Gasteiger partial charge in [-0.2, -0.15) is 9.78 Å². The molecule has 0 saturated carbocycles. The smallest absolute Gasteiger partial charge is 0.335 e. The van der Waals surface area contributed by atoms with Crippen molar-refractivity contribution in [2.75, 3.05) is 18.5 Å². The number of benzene rings is 2.